The summed E-state index contributed by atoms with van der Waals surface area (Å²) >= 11 is 0. The normalized spacial score (nSPS) is 10.5. The molecular formula is C9H12N6O2. The first kappa shape index (κ1) is 11.1. The zero-order valence-electron chi connectivity index (χ0n) is 9.44. The van der Waals surface area contributed by atoms with E-state index in [2.05, 4.69) is 25.7 Å². The van der Waals surface area contributed by atoms with Gasteiger partial charge in [-0.1, -0.05) is 5.16 Å². The first-order valence-corrected chi connectivity index (χ1v) is 4.95. The second-order valence-electron chi connectivity index (χ2n) is 3.53. The number of amides is 1. The molecule has 2 aromatic heterocycles. The minimum Gasteiger partial charge on any atom is -0.366 e. The molecule has 17 heavy (non-hydrogen) atoms. The van der Waals surface area contributed by atoms with E-state index in [-0.39, 0.29) is 17.7 Å². The average Bonchev–Trinajstić information content (AvgIpc) is 2.84. The van der Waals surface area contributed by atoms with Gasteiger partial charge >= 0.3 is 0 Å². The molecule has 0 spiro atoms. The molecule has 4 N–H and O–H groups in total. The maximum Gasteiger partial charge on any atom is 0.288 e. The van der Waals surface area contributed by atoms with E-state index in [1.165, 1.54) is 0 Å². The molecular weight excluding hydrogens is 224 g/mol. The molecule has 0 saturated heterocycles. The summed E-state index contributed by atoms with van der Waals surface area (Å²) in [7, 11) is 0. The largest absolute Gasteiger partial charge is 0.366 e. The maximum absolute atomic E-state index is 11.6. The fraction of sp³-hybridized carbons (Fsp3) is 0.333. The van der Waals surface area contributed by atoms with Crippen LogP contribution in [0.4, 0.5) is 5.95 Å². The molecule has 0 bridgehead atoms. The van der Waals surface area contributed by atoms with Crippen LogP contribution in [0.25, 0.3) is 0 Å². The van der Waals surface area contributed by atoms with Crippen LogP contribution in [0, 0.1) is 13.8 Å². The van der Waals surface area contributed by atoms with Gasteiger partial charge in [0.25, 0.3) is 5.91 Å². The number of carbonyl (C=O) groups is 1. The van der Waals surface area contributed by atoms with Gasteiger partial charge in [0.15, 0.2) is 0 Å². The highest BCUT2D eigenvalue weighted by atomic mass is 16.5. The standard InChI is InChI=1S/C9H12N6O2/c1-4-6(5(2)17-15-4)3-11-8(16)7-12-9(10)14-13-7/h3H2,1-2H3,(H,11,16)(H3,10,12,13,14). The number of nitrogens with zero attached hydrogens (tertiary/aromatic N) is 3. The first-order chi connectivity index (χ1) is 8.08. The quantitative estimate of drug-likeness (QED) is 0.685. The number of rotatable bonds is 3. The van der Waals surface area contributed by atoms with Gasteiger partial charge in [0.2, 0.25) is 11.8 Å². The molecule has 0 aliphatic heterocycles. The summed E-state index contributed by atoms with van der Waals surface area (Å²) in [5.74, 6) is 0.413. The van der Waals surface area contributed by atoms with E-state index in [1.54, 1.807) is 6.92 Å². The molecule has 2 aromatic rings. The Balaban J connectivity index is 2.02. The minimum atomic E-state index is -0.380. The van der Waals surface area contributed by atoms with E-state index in [0.717, 1.165) is 11.3 Å². The van der Waals surface area contributed by atoms with Gasteiger partial charge in [-0.05, 0) is 13.8 Å². The highest BCUT2D eigenvalue weighted by molar-refractivity contribution is 5.90. The lowest BCUT2D eigenvalue weighted by molar-refractivity contribution is 0.0941. The summed E-state index contributed by atoms with van der Waals surface area (Å²) in [5.41, 5.74) is 6.90. The third-order valence-electron chi connectivity index (χ3n) is 2.32. The number of aryl methyl sites for hydroxylation is 2. The highest BCUT2D eigenvalue weighted by Crippen LogP contribution is 2.11. The van der Waals surface area contributed by atoms with E-state index in [0.29, 0.717) is 12.3 Å². The van der Waals surface area contributed by atoms with E-state index >= 15 is 0 Å². The van der Waals surface area contributed by atoms with Crippen molar-refractivity contribution in [3.8, 4) is 0 Å². The van der Waals surface area contributed by atoms with Gasteiger partial charge in [-0.3, -0.25) is 9.89 Å². The van der Waals surface area contributed by atoms with Crippen LogP contribution in [0.1, 0.15) is 27.6 Å². The molecule has 0 atom stereocenters. The molecule has 90 valence electrons. The number of nitrogens with two attached hydrogens (primary N) is 1. The van der Waals surface area contributed by atoms with E-state index in [9.17, 15) is 4.79 Å². The topological polar surface area (TPSA) is 123 Å². The Morgan fingerprint density at radius 1 is 1.53 bits per heavy atom. The number of carbonyl (C=O) groups excluding carboxylic acids is 1. The summed E-state index contributed by atoms with van der Waals surface area (Å²) in [6, 6.07) is 0. The number of hydrogen-bond acceptors (Lipinski definition) is 6. The molecule has 8 heteroatoms. The summed E-state index contributed by atoms with van der Waals surface area (Å²) in [5, 5.41) is 12.5. The van der Waals surface area contributed by atoms with E-state index in [4.69, 9.17) is 10.3 Å². The number of nitrogens with one attached hydrogen (secondary N) is 2. The predicted molar refractivity (Wildman–Crippen MR) is 57.9 cm³/mol. The van der Waals surface area contributed by atoms with Crippen LogP contribution in [0.15, 0.2) is 4.52 Å². The SMILES string of the molecule is Cc1noc(C)c1CNC(=O)c1nc(N)n[nH]1. The van der Waals surface area contributed by atoms with Gasteiger partial charge in [-0.2, -0.15) is 4.98 Å². The molecule has 2 heterocycles. The zero-order chi connectivity index (χ0) is 12.4. The molecule has 0 saturated carbocycles. The van der Waals surface area contributed by atoms with Crippen LogP contribution in [-0.4, -0.2) is 26.2 Å². The maximum atomic E-state index is 11.6. The number of aromatic amines is 1. The number of nitrogen functional groups attached to an aromatic ring is 1. The van der Waals surface area contributed by atoms with Gasteiger partial charge < -0.3 is 15.6 Å². The van der Waals surface area contributed by atoms with E-state index < -0.39 is 0 Å². The van der Waals surface area contributed by atoms with Crippen molar-refractivity contribution in [3.05, 3.63) is 22.8 Å². The summed E-state index contributed by atoms with van der Waals surface area (Å²) in [6.07, 6.45) is 0. The van der Waals surface area contributed by atoms with Crippen molar-refractivity contribution >= 4 is 11.9 Å². The smallest absolute Gasteiger partial charge is 0.288 e. The van der Waals surface area contributed by atoms with Crippen LogP contribution in [0.5, 0.6) is 0 Å². The van der Waals surface area contributed by atoms with Crippen molar-refractivity contribution in [1.82, 2.24) is 25.7 Å². The molecule has 2 rings (SSSR count). The van der Waals surface area contributed by atoms with Gasteiger partial charge in [-0.25, -0.2) is 0 Å². The number of aromatic nitrogens is 4. The van der Waals surface area contributed by atoms with Gasteiger partial charge in [0.1, 0.15) is 5.76 Å². The Hall–Kier alpha value is -2.38. The number of H-pyrrole nitrogens is 1. The van der Waals surface area contributed by atoms with Crippen LogP contribution < -0.4 is 11.1 Å². The first-order valence-electron chi connectivity index (χ1n) is 4.95. The van der Waals surface area contributed by atoms with Gasteiger partial charge in [0.05, 0.1) is 5.69 Å². The fourth-order valence-electron chi connectivity index (χ4n) is 1.38. The lowest BCUT2D eigenvalue weighted by Crippen LogP contribution is -2.24. The predicted octanol–water partition coefficient (Wildman–Crippen LogP) is -0.0783. The number of hydrogen-bond donors (Lipinski definition) is 3. The fourth-order valence-corrected chi connectivity index (χ4v) is 1.38. The van der Waals surface area contributed by atoms with Gasteiger partial charge in [0, 0.05) is 12.1 Å². The van der Waals surface area contributed by atoms with Crippen molar-refractivity contribution < 1.29 is 9.32 Å². The Bertz CT molecular complexity index is 524. The Morgan fingerprint density at radius 2 is 2.29 bits per heavy atom. The van der Waals surface area contributed by atoms with Crippen LogP contribution >= 0.6 is 0 Å². The van der Waals surface area contributed by atoms with Crippen LogP contribution in [-0.2, 0) is 6.54 Å². The summed E-state index contributed by atoms with van der Waals surface area (Å²) < 4.78 is 4.98. The van der Waals surface area contributed by atoms with E-state index in [1.807, 2.05) is 6.92 Å². The van der Waals surface area contributed by atoms with Gasteiger partial charge in [-0.15, -0.1) is 5.10 Å². The zero-order valence-corrected chi connectivity index (χ0v) is 9.44. The molecule has 0 aromatic carbocycles. The highest BCUT2D eigenvalue weighted by Gasteiger charge is 2.13. The molecule has 0 radical (unpaired) electrons. The Kier molecular flexibility index (Phi) is 2.77. The summed E-state index contributed by atoms with van der Waals surface area (Å²) in [4.78, 5) is 15.3. The van der Waals surface area contributed by atoms with Crippen molar-refractivity contribution in [1.29, 1.82) is 0 Å². The minimum absolute atomic E-state index is 0.0347. The van der Waals surface area contributed by atoms with Crippen molar-refractivity contribution in [2.75, 3.05) is 5.73 Å². The number of anilines is 1. The molecule has 1 amide bonds. The molecule has 0 fully saturated rings. The third-order valence-corrected chi connectivity index (χ3v) is 2.32. The van der Waals surface area contributed by atoms with Crippen molar-refractivity contribution in [3.63, 3.8) is 0 Å². The molecule has 0 aliphatic rings. The lowest BCUT2D eigenvalue weighted by atomic mass is 10.2. The molecule has 0 aliphatic carbocycles. The molecule has 0 unspecified atom stereocenters. The second kappa shape index (κ2) is 4.24. The van der Waals surface area contributed by atoms with Crippen LogP contribution in [0.2, 0.25) is 0 Å². The monoisotopic (exact) mass is 236 g/mol. The second-order valence-corrected chi connectivity index (χ2v) is 3.53. The van der Waals surface area contributed by atoms with Crippen molar-refractivity contribution in [2.45, 2.75) is 20.4 Å². The van der Waals surface area contributed by atoms with Crippen molar-refractivity contribution in [2.24, 2.45) is 0 Å². The Labute approximate surface area is 96.6 Å². The lowest BCUT2D eigenvalue weighted by Gasteiger charge is -2.01. The summed E-state index contributed by atoms with van der Waals surface area (Å²) in [6.45, 7) is 3.92. The molecule has 8 nitrogen and oxygen atoms in total. The average molecular weight is 236 g/mol. The Morgan fingerprint density at radius 3 is 2.82 bits per heavy atom. The van der Waals surface area contributed by atoms with Crippen LogP contribution in [0.3, 0.4) is 0 Å². The third kappa shape index (κ3) is 2.25.